The number of para-hydroxylation sites is 1. The maximum absolute atomic E-state index is 12.0. The summed E-state index contributed by atoms with van der Waals surface area (Å²) >= 11 is 0. The highest BCUT2D eigenvalue weighted by atomic mass is 35.5. The number of rotatable bonds is 6. The Morgan fingerprint density at radius 1 is 1.08 bits per heavy atom. The van der Waals surface area contributed by atoms with E-state index in [-0.39, 0.29) is 24.9 Å². The number of benzene rings is 2. The second kappa shape index (κ2) is 9.87. The number of hydrogen-bond acceptors (Lipinski definition) is 3. The van der Waals surface area contributed by atoms with Crippen LogP contribution >= 0.6 is 12.4 Å². The number of hydrogen-bond donors (Lipinski definition) is 2. The van der Waals surface area contributed by atoms with Crippen molar-refractivity contribution in [3.05, 3.63) is 66.2 Å². The number of carbonyl (C=O) groups excluding carboxylic acids is 1. The molecule has 0 aromatic heterocycles. The zero-order chi connectivity index (χ0) is 16.6. The predicted octanol–water partition coefficient (Wildman–Crippen LogP) is 3.19. The second-order valence-electron chi connectivity index (χ2n) is 5.74. The standard InChI is InChI=1S/C20H22N2O2.ClH/c23-20(22-14-16-10-12-21-13-11-16)15-24-19-9-5-4-8-18(19)17-6-2-1-3-7-17;/h1-10,21H,11-15H2,(H,22,23);1H. The van der Waals surface area contributed by atoms with Crippen LogP contribution in [0.3, 0.4) is 0 Å². The first-order valence-corrected chi connectivity index (χ1v) is 8.25. The topological polar surface area (TPSA) is 50.4 Å². The Bertz CT molecular complexity index is 717. The zero-order valence-electron chi connectivity index (χ0n) is 14.0. The molecule has 1 aliphatic rings. The van der Waals surface area contributed by atoms with E-state index >= 15 is 0 Å². The van der Waals surface area contributed by atoms with Crippen LogP contribution in [0.2, 0.25) is 0 Å². The predicted molar refractivity (Wildman–Crippen MR) is 103 cm³/mol. The molecule has 0 unspecified atom stereocenters. The Kier molecular flexibility index (Phi) is 7.51. The SMILES string of the molecule is Cl.O=C(COc1ccccc1-c1ccccc1)NCC1=CCNCC1. The van der Waals surface area contributed by atoms with Crippen LogP contribution in [0, 0.1) is 0 Å². The minimum absolute atomic E-state index is 0. The van der Waals surface area contributed by atoms with Crippen molar-refractivity contribution >= 4 is 18.3 Å². The van der Waals surface area contributed by atoms with E-state index in [0.29, 0.717) is 6.54 Å². The van der Waals surface area contributed by atoms with Crippen LogP contribution in [0.4, 0.5) is 0 Å². The van der Waals surface area contributed by atoms with Crippen LogP contribution in [-0.4, -0.2) is 32.1 Å². The van der Waals surface area contributed by atoms with E-state index in [9.17, 15) is 4.79 Å². The normalized spacial score (nSPS) is 13.4. The third-order valence-corrected chi connectivity index (χ3v) is 4.00. The Morgan fingerprint density at radius 2 is 1.84 bits per heavy atom. The first-order chi connectivity index (χ1) is 11.8. The summed E-state index contributed by atoms with van der Waals surface area (Å²) in [7, 11) is 0. The molecule has 0 atom stereocenters. The summed E-state index contributed by atoms with van der Waals surface area (Å²) in [6.07, 6.45) is 3.12. The van der Waals surface area contributed by atoms with Crippen molar-refractivity contribution in [2.75, 3.05) is 26.2 Å². The van der Waals surface area contributed by atoms with Gasteiger partial charge in [0.05, 0.1) is 0 Å². The molecular formula is C20H23ClN2O2. The van der Waals surface area contributed by atoms with Gasteiger partial charge in [-0.1, -0.05) is 60.2 Å². The molecule has 0 fully saturated rings. The van der Waals surface area contributed by atoms with Crippen molar-refractivity contribution < 1.29 is 9.53 Å². The fourth-order valence-corrected chi connectivity index (χ4v) is 2.69. The van der Waals surface area contributed by atoms with Gasteiger partial charge in [-0.3, -0.25) is 4.79 Å². The number of ether oxygens (including phenoxy) is 1. The zero-order valence-corrected chi connectivity index (χ0v) is 14.9. The van der Waals surface area contributed by atoms with Crippen LogP contribution in [0.15, 0.2) is 66.2 Å². The van der Waals surface area contributed by atoms with Crippen LogP contribution in [0.25, 0.3) is 11.1 Å². The van der Waals surface area contributed by atoms with E-state index in [1.54, 1.807) is 0 Å². The van der Waals surface area contributed by atoms with Crippen LogP contribution in [-0.2, 0) is 4.79 Å². The van der Waals surface area contributed by atoms with Gasteiger partial charge in [0.25, 0.3) is 5.91 Å². The average Bonchev–Trinajstić information content (AvgIpc) is 2.66. The van der Waals surface area contributed by atoms with Crippen molar-refractivity contribution in [2.45, 2.75) is 6.42 Å². The van der Waals surface area contributed by atoms with Crippen molar-refractivity contribution in [3.8, 4) is 16.9 Å². The molecule has 0 aliphatic carbocycles. The lowest BCUT2D eigenvalue weighted by Crippen LogP contribution is -2.32. The highest BCUT2D eigenvalue weighted by Gasteiger charge is 2.09. The fraction of sp³-hybridized carbons (Fsp3) is 0.250. The van der Waals surface area contributed by atoms with Crippen molar-refractivity contribution in [2.24, 2.45) is 0 Å². The van der Waals surface area contributed by atoms with Crippen molar-refractivity contribution in [3.63, 3.8) is 0 Å². The first-order valence-electron chi connectivity index (χ1n) is 8.25. The molecule has 2 N–H and O–H groups in total. The van der Waals surface area contributed by atoms with E-state index in [4.69, 9.17) is 4.74 Å². The lowest BCUT2D eigenvalue weighted by molar-refractivity contribution is -0.122. The lowest BCUT2D eigenvalue weighted by atomic mass is 10.1. The third-order valence-electron chi connectivity index (χ3n) is 4.00. The Labute approximate surface area is 154 Å². The smallest absolute Gasteiger partial charge is 0.258 e. The Morgan fingerprint density at radius 3 is 2.60 bits per heavy atom. The summed E-state index contributed by atoms with van der Waals surface area (Å²) in [5.41, 5.74) is 3.34. The molecule has 3 rings (SSSR count). The van der Waals surface area contributed by atoms with Gasteiger partial charge in [0, 0.05) is 18.7 Å². The molecule has 4 nitrogen and oxygen atoms in total. The summed E-state index contributed by atoms with van der Waals surface area (Å²) < 4.78 is 5.75. The molecule has 0 spiro atoms. The molecule has 25 heavy (non-hydrogen) atoms. The molecule has 1 heterocycles. The molecule has 0 saturated carbocycles. The molecule has 1 aliphatic heterocycles. The van der Waals surface area contributed by atoms with E-state index in [1.165, 1.54) is 5.57 Å². The fourth-order valence-electron chi connectivity index (χ4n) is 2.69. The summed E-state index contributed by atoms with van der Waals surface area (Å²) in [5, 5.41) is 6.18. The third kappa shape index (κ3) is 5.62. The van der Waals surface area contributed by atoms with Gasteiger partial charge in [0.1, 0.15) is 5.75 Å². The van der Waals surface area contributed by atoms with E-state index < -0.39 is 0 Å². The molecule has 5 heteroatoms. The second-order valence-corrected chi connectivity index (χ2v) is 5.74. The summed E-state index contributed by atoms with van der Waals surface area (Å²) in [6, 6.07) is 17.8. The van der Waals surface area contributed by atoms with Crippen LogP contribution in [0.5, 0.6) is 5.75 Å². The summed E-state index contributed by atoms with van der Waals surface area (Å²) in [4.78, 5) is 12.0. The summed E-state index contributed by atoms with van der Waals surface area (Å²) in [5.74, 6) is 0.622. The van der Waals surface area contributed by atoms with Gasteiger partial charge in [-0.05, 0) is 24.6 Å². The lowest BCUT2D eigenvalue weighted by Gasteiger charge is -2.15. The van der Waals surface area contributed by atoms with Gasteiger partial charge in [-0.15, -0.1) is 12.4 Å². The van der Waals surface area contributed by atoms with Gasteiger partial charge in [0.2, 0.25) is 0 Å². The molecule has 0 saturated heterocycles. The number of amides is 1. The van der Waals surface area contributed by atoms with Crippen molar-refractivity contribution in [1.82, 2.24) is 10.6 Å². The molecule has 132 valence electrons. The molecule has 0 radical (unpaired) electrons. The van der Waals surface area contributed by atoms with Gasteiger partial charge in [-0.2, -0.15) is 0 Å². The molecular weight excluding hydrogens is 336 g/mol. The minimum Gasteiger partial charge on any atom is -0.483 e. The van der Waals surface area contributed by atoms with Gasteiger partial charge in [-0.25, -0.2) is 0 Å². The van der Waals surface area contributed by atoms with E-state index in [2.05, 4.69) is 16.7 Å². The molecule has 1 amide bonds. The van der Waals surface area contributed by atoms with Crippen LogP contribution < -0.4 is 15.4 Å². The maximum Gasteiger partial charge on any atom is 0.258 e. The van der Waals surface area contributed by atoms with Crippen molar-refractivity contribution in [1.29, 1.82) is 0 Å². The average molecular weight is 359 g/mol. The van der Waals surface area contributed by atoms with Gasteiger partial charge in [0.15, 0.2) is 6.61 Å². The Hall–Kier alpha value is -2.30. The first kappa shape index (κ1) is 19.0. The van der Waals surface area contributed by atoms with E-state index in [0.717, 1.165) is 36.4 Å². The number of halogens is 1. The largest absolute Gasteiger partial charge is 0.483 e. The molecule has 2 aromatic rings. The number of carbonyl (C=O) groups is 1. The summed E-state index contributed by atoms with van der Waals surface area (Å²) in [6.45, 7) is 2.48. The molecule has 2 aromatic carbocycles. The van der Waals surface area contributed by atoms with Crippen LogP contribution in [0.1, 0.15) is 6.42 Å². The van der Waals surface area contributed by atoms with E-state index in [1.807, 2.05) is 54.6 Å². The Balaban J connectivity index is 0.00000225. The highest BCUT2D eigenvalue weighted by Crippen LogP contribution is 2.29. The molecule has 0 bridgehead atoms. The van der Waals surface area contributed by atoms with Gasteiger partial charge < -0.3 is 15.4 Å². The maximum atomic E-state index is 12.0. The monoisotopic (exact) mass is 358 g/mol. The van der Waals surface area contributed by atoms with Gasteiger partial charge >= 0.3 is 0 Å². The minimum atomic E-state index is -0.0997. The number of nitrogens with one attached hydrogen (secondary N) is 2. The quantitative estimate of drug-likeness (QED) is 0.780. The highest BCUT2D eigenvalue weighted by molar-refractivity contribution is 5.85.